The van der Waals surface area contributed by atoms with Gasteiger partial charge in [-0.3, -0.25) is 14.4 Å². The van der Waals surface area contributed by atoms with Gasteiger partial charge in [0.05, 0.1) is 22.2 Å². The standard InChI is InChI=1S/C28H33B2FN4O3/c1-17(2)12-19-13-21(31)14-20-15-22(32-25(19)20)16-35-11-7-8-23(27(35)38)33-26(37)18(3)28(29,30)10-6-9-24(36)34(4)5/h6-9,11,13-15,17-18,32H,10,12,16H2,1-5H3,(H,33,37)/b9-6+. The van der Waals surface area contributed by atoms with Gasteiger partial charge in [0.25, 0.3) is 5.56 Å². The summed E-state index contributed by atoms with van der Waals surface area (Å²) >= 11 is 0. The number of rotatable bonds is 10. The van der Waals surface area contributed by atoms with E-state index in [1.165, 1.54) is 39.8 Å². The molecule has 3 aromatic rings. The predicted molar refractivity (Wildman–Crippen MR) is 151 cm³/mol. The Morgan fingerprint density at radius 1 is 1.21 bits per heavy atom. The number of pyridine rings is 1. The van der Waals surface area contributed by atoms with Gasteiger partial charge in [-0.05, 0) is 60.7 Å². The van der Waals surface area contributed by atoms with Crippen LogP contribution in [0.4, 0.5) is 10.1 Å². The first kappa shape index (κ1) is 29.0. The molecule has 2 amide bonds. The molecular weight excluding hydrogens is 481 g/mol. The molecular formula is C28H33B2FN4O3. The van der Waals surface area contributed by atoms with Crippen LogP contribution in [0.2, 0.25) is 5.21 Å². The van der Waals surface area contributed by atoms with Crippen molar-refractivity contribution in [1.29, 1.82) is 0 Å². The lowest BCUT2D eigenvalue weighted by molar-refractivity contribution is -0.123. The summed E-state index contributed by atoms with van der Waals surface area (Å²) in [5.74, 6) is -1.55. The third kappa shape index (κ3) is 7.05. The number of hydrogen-bond donors (Lipinski definition) is 2. The number of nitrogens with zero attached hydrogens (tertiary/aromatic N) is 2. The lowest BCUT2D eigenvalue weighted by atomic mass is 9.47. The summed E-state index contributed by atoms with van der Waals surface area (Å²) in [5, 5.41) is 1.94. The molecule has 0 saturated carbocycles. The molecule has 0 spiro atoms. The van der Waals surface area contributed by atoms with Crippen LogP contribution in [0, 0.1) is 17.7 Å². The molecule has 0 bridgehead atoms. The molecule has 196 valence electrons. The number of nitrogens with one attached hydrogen (secondary N) is 2. The zero-order chi connectivity index (χ0) is 28.2. The van der Waals surface area contributed by atoms with Gasteiger partial charge >= 0.3 is 0 Å². The Hall–Kier alpha value is -3.55. The van der Waals surface area contributed by atoms with Crippen LogP contribution < -0.4 is 10.9 Å². The van der Waals surface area contributed by atoms with Crippen molar-refractivity contribution in [3.63, 3.8) is 0 Å². The first-order chi connectivity index (χ1) is 17.8. The van der Waals surface area contributed by atoms with Crippen molar-refractivity contribution in [2.45, 2.75) is 45.4 Å². The van der Waals surface area contributed by atoms with Crippen molar-refractivity contribution >= 4 is 44.1 Å². The average molecular weight is 514 g/mol. The van der Waals surface area contributed by atoms with E-state index in [1.54, 1.807) is 33.3 Å². The molecule has 0 saturated heterocycles. The second-order valence-electron chi connectivity index (χ2n) is 10.4. The summed E-state index contributed by atoms with van der Waals surface area (Å²) in [5.41, 5.74) is 2.15. The molecule has 2 aromatic heterocycles. The molecule has 1 atom stereocenters. The predicted octanol–water partition coefficient (Wildman–Crippen LogP) is 3.78. The quantitative estimate of drug-likeness (QED) is 0.319. The van der Waals surface area contributed by atoms with Crippen LogP contribution in [-0.4, -0.2) is 56.1 Å². The van der Waals surface area contributed by atoms with Crippen molar-refractivity contribution in [2.75, 3.05) is 19.4 Å². The molecule has 0 aliphatic rings. The van der Waals surface area contributed by atoms with E-state index in [0.29, 0.717) is 5.92 Å². The van der Waals surface area contributed by atoms with Crippen molar-refractivity contribution in [3.05, 3.63) is 76.1 Å². The lowest BCUT2D eigenvalue weighted by Gasteiger charge is -2.30. The van der Waals surface area contributed by atoms with Gasteiger partial charge in [0, 0.05) is 42.8 Å². The number of carbonyl (C=O) groups is 2. The zero-order valence-corrected chi connectivity index (χ0v) is 22.5. The number of H-pyrrole nitrogens is 1. The number of anilines is 1. The number of aromatic nitrogens is 2. The first-order valence-electron chi connectivity index (χ1n) is 12.5. The summed E-state index contributed by atoms with van der Waals surface area (Å²) in [4.78, 5) is 42.5. The smallest absolute Gasteiger partial charge is 0.274 e. The van der Waals surface area contributed by atoms with Crippen LogP contribution in [-0.2, 0) is 22.6 Å². The Kier molecular flexibility index (Phi) is 9.07. The number of allylic oxidation sites excluding steroid dienone is 1. The zero-order valence-electron chi connectivity index (χ0n) is 22.5. The number of benzene rings is 1. The van der Waals surface area contributed by atoms with Crippen molar-refractivity contribution < 1.29 is 14.0 Å². The maximum Gasteiger partial charge on any atom is 0.274 e. The maximum atomic E-state index is 14.2. The summed E-state index contributed by atoms with van der Waals surface area (Å²) in [6, 6.07) is 8.00. The van der Waals surface area contributed by atoms with E-state index >= 15 is 0 Å². The summed E-state index contributed by atoms with van der Waals surface area (Å²) in [6.07, 6.45) is 5.30. The second-order valence-corrected chi connectivity index (χ2v) is 10.4. The molecule has 10 heteroatoms. The normalized spacial score (nSPS) is 12.8. The Morgan fingerprint density at radius 3 is 2.58 bits per heavy atom. The fourth-order valence-corrected chi connectivity index (χ4v) is 4.14. The highest BCUT2D eigenvalue weighted by Crippen LogP contribution is 2.33. The summed E-state index contributed by atoms with van der Waals surface area (Å²) < 4.78 is 15.6. The number of amides is 2. The molecule has 38 heavy (non-hydrogen) atoms. The van der Waals surface area contributed by atoms with E-state index in [0.717, 1.165) is 28.6 Å². The Labute approximate surface area is 225 Å². The van der Waals surface area contributed by atoms with Crippen molar-refractivity contribution in [1.82, 2.24) is 14.5 Å². The van der Waals surface area contributed by atoms with Gasteiger partial charge in [-0.1, -0.05) is 32.1 Å². The molecule has 1 unspecified atom stereocenters. The second kappa shape index (κ2) is 11.9. The minimum Gasteiger partial charge on any atom is -0.357 e. The topological polar surface area (TPSA) is 87.2 Å². The fraction of sp³-hybridized carbons (Fsp3) is 0.393. The van der Waals surface area contributed by atoms with Crippen molar-refractivity contribution in [2.24, 2.45) is 11.8 Å². The SMILES string of the molecule is [B]C([B])(C/C=C/C(=O)N(C)C)C(C)C(=O)Nc1cccn(Cc2cc3cc(F)cc(CC(C)C)c3[nH]2)c1=O. The van der Waals surface area contributed by atoms with E-state index in [-0.39, 0.29) is 30.4 Å². The minimum absolute atomic E-state index is 0.0833. The molecule has 7 nitrogen and oxygen atoms in total. The van der Waals surface area contributed by atoms with Crippen LogP contribution in [0.5, 0.6) is 0 Å². The van der Waals surface area contributed by atoms with E-state index in [1.807, 2.05) is 6.07 Å². The molecule has 4 radical (unpaired) electrons. The van der Waals surface area contributed by atoms with Crippen LogP contribution in [0.3, 0.4) is 0 Å². The molecule has 3 rings (SSSR count). The van der Waals surface area contributed by atoms with E-state index < -0.39 is 22.6 Å². The minimum atomic E-state index is -1.44. The van der Waals surface area contributed by atoms with Gasteiger partial charge in [-0.15, -0.1) is 0 Å². The lowest BCUT2D eigenvalue weighted by Crippen LogP contribution is -2.35. The number of carbonyl (C=O) groups excluding carboxylic acids is 2. The molecule has 2 N–H and O–H groups in total. The van der Waals surface area contributed by atoms with Gasteiger partial charge in [-0.25, -0.2) is 4.39 Å². The number of halogens is 1. The monoisotopic (exact) mass is 514 g/mol. The van der Waals surface area contributed by atoms with Crippen LogP contribution in [0.25, 0.3) is 10.9 Å². The Balaban J connectivity index is 1.76. The van der Waals surface area contributed by atoms with Crippen LogP contribution in [0.15, 0.2) is 53.5 Å². The number of aromatic amines is 1. The van der Waals surface area contributed by atoms with E-state index in [4.69, 9.17) is 15.7 Å². The third-order valence-electron chi connectivity index (χ3n) is 6.45. The fourth-order valence-electron chi connectivity index (χ4n) is 4.14. The number of fused-ring (bicyclic) bond motifs is 1. The van der Waals surface area contributed by atoms with Crippen LogP contribution >= 0.6 is 0 Å². The van der Waals surface area contributed by atoms with E-state index in [2.05, 4.69) is 24.1 Å². The molecule has 1 aromatic carbocycles. The van der Waals surface area contributed by atoms with Crippen LogP contribution in [0.1, 0.15) is 38.4 Å². The van der Waals surface area contributed by atoms with Gasteiger partial charge in [0.2, 0.25) is 11.8 Å². The highest BCUT2D eigenvalue weighted by molar-refractivity contribution is 6.41. The number of hydrogen-bond acceptors (Lipinski definition) is 3. The Morgan fingerprint density at radius 2 is 1.92 bits per heavy atom. The number of likely N-dealkylation sites (N-methyl/N-ethyl adjacent to an activating group) is 1. The van der Waals surface area contributed by atoms with Gasteiger partial charge in [0.15, 0.2) is 0 Å². The molecule has 0 fully saturated rings. The van der Waals surface area contributed by atoms with Gasteiger partial charge in [0.1, 0.15) is 11.5 Å². The third-order valence-corrected chi connectivity index (χ3v) is 6.45. The highest BCUT2D eigenvalue weighted by Gasteiger charge is 2.30. The van der Waals surface area contributed by atoms with Gasteiger partial charge in [-0.2, -0.15) is 0 Å². The maximum absolute atomic E-state index is 14.2. The first-order valence-corrected chi connectivity index (χ1v) is 12.5. The van der Waals surface area contributed by atoms with Gasteiger partial charge < -0.3 is 19.8 Å². The molecule has 0 aliphatic carbocycles. The largest absolute Gasteiger partial charge is 0.357 e. The van der Waals surface area contributed by atoms with Crippen molar-refractivity contribution in [3.8, 4) is 0 Å². The summed E-state index contributed by atoms with van der Waals surface area (Å²) in [6.45, 7) is 5.92. The highest BCUT2D eigenvalue weighted by atomic mass is 19.1. The Bertz CT molecular complexity index is 1410. The average Bonchev–Trinajstić information content (AvgIpc) is 3.22. The molecule has 2 heterocycles. The van der Waals surface area contributed by atoms with E-state index in [9.17, 15) is 18.8 Å². The molecule has 0 aliphatic heterocycles. The summed E-state index contributed by atoms with van der Waals surface area (Å²) in [7, 11) is 15.6.